The fraction of sp³-hybridized carbons (Fsp3) is 0.647. The van der Waals surface area contributed by atoms with Gasteiger partial charge in [-0.15, -0.1) is 0 Å². The smallest absolute Gasteiger partial charge is 0.180 e. The van der Waals surface area contributed by atoms with Gasteiger partial charge in [-0.25, -0.2) is 9.50 Å². The summed E-state index contributed by atoms with van der Waals surface area (Å²) < 4.78 is 8.11. The van der Waals surface area contributed by atoms with Gasteiger partial charge in [0.15, 0.2) is 17.2 Å². The Balaban J connectivity index is 1.90. The van der Waals surface area contributed by atoms with Gasteiger partial charge in [0.05, 0.1) is 18.4 Å². The highest BCUT2D eigenvalue weighted by Crippen LogP contribution is 2.42. The van der Waals surface area contributed by atoms with Gasteiger partial charge in [0, 0.05) is 11.6 Å². The Morgan fingerprint density at radius 1 is 1.23 bits per heavy atom. The van der Waals surface area contributed by atoms with Crippen LogP contribution < -0.4 is 9.64 Å². The Morgan fingerprint density at radius 2 is 2.05 bits per heavy atom. The van der Waals surface area contributed by atoms with Crippen LogP contribution in [-0.2, 0) is 0 Å². The molecule has 0 spiro atoms. The molecule has 0 N–H and O–H groups in total. The van der Waals surface area contributed by atoms with Crippen LogP contribution in [0.5, 0.6) is 5.75 Å². The van der Waals surface area contributed by atoms with Crippen LogP contribution in [0.3, 0.4) is 0 Å². The third-order valence-corrected chi connectivity index (χ3v) is 4.94. The molecule has 1 aliphatic heterocycles. The number of aromatic nitrogens is 3. The van der Waals surface area contributed by atoms with Gasteiger partial charge in [0.25, 0.3) is 0 Å². The fourth-order valence-corrected chi connectivity index (χ4v) is 3.89. The SMILES string of the molecule is CC(C)c1cnn2cc3c(nc12)N(C(C)C)[C@H]1CCC[C@@H]1O3. The van der Waals surface area contributed by atoms with E-state index in [1.807, 2.05) is 16.9 Å². The lowest BCUT2D eigenvalue weighted by molar-refractivity contribution is 0.165. The maximum Gasteiger partial charge on any atom is 0.180 e. The van der Waals surface area contributed by atoms with E-state index in [-0.39, 0.29) is 0 Å². The molecule has 3 heterocycles. The van der Waals surface area contributed by atoms with E-state index in [0.717, 1.165) is 23.6 Å². The summed E-state index contributed by atoms with van der Waals surface area (Å²) in [5.41, 5.74) is 2.15. The highest BCUT2D eigenvalue weighted by atomic mass is 16.5. The summed E-state index contributed by atoms with van der Waals surface area (Å²) in [6.45, 7) is 8.86. The first kappa shape index (κ1) is 13.9. The van der Waals surface area contributed by atoms with Gasteiger partial charge in [-0.1, -0.05) is 13.8 Å². The maximum atomic E-state index is 6.25. The number of fused-ring (bicyclic) bond motifs is 3. The quantitative estimate of drug-likeness (QED) is 0.852. The van der Waals surface area contributed by atoms with Crippen molar-refractivity contribution in [3.8, 4) is 5.75 Å². The lowest BCUT2D eigenvalue weighted by Gasteiger charge is -2.42. The van der Waals surface area contributed by atoms with E-state index in [4.69, 9.17) is 9.72 Å². The number of anilines is 1. The molecule has 1 fully saturated rings. The highest BCUT2D eigenvalue weighted by Gasteiger charge is 2.41. The summed E-state index contributed by atoms with van der Waals surface area (Å²) in [5, 5.41) is 4.46. The van der Waals surface area contributed by atoms with Crippen LogP contribution in [-0.4, -0.2) is 32.8 Å². The third-order valence-electron chi connectivity index (χ3n) is 4.94. The average molecular weight is 300 g/mol. The van der Waals surface area contributed by atoms with Crippen molar-refractivity contribution < 1.29 is 4.74 Å². The molecule has 0 amide bonds. The van der Waals surface area contributed by atoms with Crippen LogP contribution in [0.4, 0.5) is 5.82 Å². The molecular formula is C17H24N4O. The van der Waals surface area contributed by atoms with E-state index in [9.17, 15) is 0 Å². The normalized spacial score (nSPS) is 24.0. The van der Waals surface area contributed by atoms with Gasteiger partial charge in [0.2, 0.25) is 0 Å². The molecule has 0 bridgehead atoms. The Kier molecular flexibility index (Phi) is 3.06. The topological polar surface area (TPSA) is 42.7 Å². The fourth-order valence-electron chi connectivity index (χ4n) is 3.89. The molecule has 0 radical (unpaired) electrons. The first-order chi connectivity index (χ1) is 10.6. The summed E-state index contributed by atoms with van der Waals surface area (Å²) in [4.78, 5) is 7.43. The minimum Gasteiger partial charge on any atom is -0.483 e. The summed E-state index contributed by atoms with van der Waals surface area (Å²) in [7, 11) is 0. The minimum atomic E-state index is 0.300. The molecule has 118 valence electrons. The molecule has 2 aliphatic rings. The second-order valence-corrected chi connectivity index (χ2v) is 7.11. The monoisotopic (exact) mass is 300 g/mol. The van der Waals surface area contributed by atoms with Crippen LogP contribution in [0, 0.1) is 0 Å². The number of ether oxygens (including phenoxy) is 1. The van der Waals surface area contributed by atoms with Crippen LogP contribution in [0.15, 0.2) is 12.4 Å². The first-order valence-corrected chi connectivity index (χ1v) is 8.39. The van der Waals surface area contributed by atoms with E-state index >= 15 is 0 Å². The van der Waals surface area contributed by atoms with E-state index in [2.05, 4.69) is 37.7 Å². The van der Waals surface area contributed by atoms with Crippen molar-refractivity contribution in [2.24, 2.45) is 0 Å². The lowest BCUT2D eigenvalue weighted by Crippen LogP contribution is -2.50. The van der Waals surface area contributed by atoms with Crippen molar-refractivity contribution in [2.45, 2.75) is 71.1 Å². The summed E-state index contributed by atoms with van der Waals surface area (Å²) in [6, 6.07) is 0.890. The molecule has 1 saturated carbocycles. The van der Waals surface area contributed by atoms with E-state index in [0.29, 0.717) is 24.1 Å². The predicted molar refractivity (Wildman–Crippen MR) is 86.7 cm³/mol. The molecule has 4 rings (SSSR count). The zero-order chi connectivity index (χ0) is 15.4. The first-order valence-electron chi connectivity index (χ1n) is 8.39. The predicted octanol–water partition coefficient (Wildman–Crippen LogP) is 3.38. The van der Waals surface area contributed by atoms with Gasteiger partial charge in [0.1, 0.15) is 6.10 Å². The van der Waals surface area contributed by atoms with Crippen LogP contribution in [0.1, 0.15) is 58.4 Å². The molecule has 22 heavy (non-hydrogen) atoms. The van der Waals surface area contributed by atoms with Crippen molar-refractivity contribution >= 4 is 11.5 Å². The largest absolute Gasteiger partial charge is 0.483 e. The van der Waals surface area contributed by atoms with Crippen molar-refractivity contribution in [2.75, 3.05) is 4.90 Å². The number of hydrogen-bond acceptors (Lipinski definition) is 4. The molecular weight excluding hydrogens is 276 g/mol. The molecule has 0 unspecified atom stereocenters. The Labute approximate surface area is 131 Å². The van der Waals surface area contributed by atoms with Crippen molar-refractivity contribution in [3.05, 3.63) is 18.0 Å². The Hall–Kier alpha value is -1.78. The number of rotatable bonds is 2. The molecule has 5 heteroatoms. The summed E-state index contributed by atoms with van der Waals surface area (Å²) in [5.74, 6) is 2.29. The zero-order valence-corrected chi connectivity index (χ0v) is 13.8. The lowest BCUT2D eigenvalue weighted by atomic mass is 10.1. The molecule has 2 aromatic heterocycles. The molecule has 0 aromatic carbocycles. The van der Waals surface area contributed by atoms with Crippen molar-refractivity contribution in [3.63, 3.8) is 0 Å². The molecule has 2 atom stereocenters. The summed E-state index contributed by atoms with van der Waals surface area (Å²) >= 11 is 0. The summed E-state index contributed by atoms with van der Waals surface area (Å²) in [6.07, 6.45) is 7.81. The van der Waals surface area contributed by atoms with Crippen LogP contribution in [0.2, 0.25) is 0 Å². The van der Waals surface area contributed by atoms with Gasteiger partial charge in [-0.3, -0.25) is 0 Å². The van der Waals surface area contributed by atoms with Crippen molar-refractivity contribution in [1.82, 2.24) is 14.6 Å². The average Bonchev–Trinajstić information content (AvgIpc) is 3.07. The van der Waals surface area contributed by atoms with Gasteiger partial charge >= 0.3 is 0 Å². The van der Waals surface area contributed by atoms with Gasteiger partial charge in [-0.2, -0.15) is 5.10 Å². The van der Waals surface area contributed by atoms with Crippen LogP contribution >= 0.6 is 0 Å². The second kappa shape index (κ2) is 4.86. The minimum absolute atomic E-state index is 0.300. The van der Waals surface area contributed by atoms with E-state index in [1.165, 1.54) is 18.4 Å². The van der Waals surface area contributed by atoms with Gasteiger partial charge in [-0.05, 0) is 39.0 Å². The highest BCUT2D eigenvalue weighted by molar-refractivity contribution is 5.62. The number of nitrogens with zero attached hydrogens (tertiary/aromatic N) is 4. The third kappa shape index (κ3) is 1.91. The standard InChI is InChI=1S/C17H24N4O/c1-10(2)12-8-18-20-9-15-17(19-16(12)20)21(11(3)4)13-6-5-7-14(13)22-15/h8-11,13-14H,5-7H2,1-4H3/t13-,14-/m0/s1. The zero-order valence-electron chi connectivity index (χ0n) is 13.8. The molecule has 5 nitrogen and oxygen atoms in total. The molecule has 2 aromatic rings. The van der Waals surface area contributed by atoms with E-state index in [1.54, 1.807) is 0 Å². The molecule has 1 aliphatic carbocycles. The van der Waals surface area contributed by atoms with Gasteiger partial charge < -0.3 is 9.64 Å². The second-order valence-electron chi connectivity index (χ2n) is 7.11. The van der Waals surface area contributed by atoms with Crippen molar-refractivity contribution in [1.29, 1.82) is 0 Å². The van der Waals surface area contributed by atoms with Crippen LogP contribution in [0.25, 0.3) is 5.65 Å². The number of hydrogen-bond donors (Lipinski definition) is 0. The maximum absolute atomic E-state index is 6.25. The Morgan fingerprint density at radius 3 is 2.77 bits per heavy atom. The van der Waals surface area contributed by atoms with E-state index < -0.39 is 0 Å². The molecule has 0 saturated heterocycles. The Bertz CT molecular complexity index is 706.